The first-order chi connectivity index (χ1) is 41.0. The van der Waals surface area contributed by atoms with Crippen molar-refractivity contribution in [1.29, 1.82) is 0 Å². The Labute approximate surface area is 501 Å². The summed E-state index contributed by atoms with van der Waals surface area (Å²) in [6, 6.07) is 9.99. The molecule has 5 aromatic rings. The molecule has 0 spiro atoms. The monoisotopic (exact) mass is 1230 g/mol. The Morgan fingerprint density at radius 1 is 0.616 bits per heavy atom. The number of aliphatic carboxylic acids is 1. The number of hydrogen-bond donors (Lipinski definition) is 16. The van der Waals surface area contributed by atoms with Crippen LogP contribution in [0.2, 0.25) is 0 Å². The lowest BCUT2D eigenvalue weighted by atomic mass is 10.00. The van der Waals surface area contributed by atoms with E-state index in [1.165, 1.54) is 60.7 Å². The van der Waals surface area contributed by atoms with E-state index in [2.05, 4.69) is 47.5 Å². The third-order valence-corrected chi connectivity index (χ3v) is 16.2. The van der Waals surface area contributed by atoms with Gasteiger partial charge in [0.15, 0.2) is 0 Å². The van der Waals surface area contributed by atoms with Gasteiger partial charge in [-0.3, -0.25) is 43.2 Å². The molecule has 1 aliphatic heterocycles. The molecule has 460 valence electrons. The van der Waals surface area contributed by atoms with E-state index in [-0.39, 0.29) is 66.8 Å². The number of phenolic OH excluding ortho intramolecular Hbond substituents is 3. The Hall–Kier alpha value is -8.86. The van der Waals surface area contributed by atoms with E-state index >= 15 is 0 Å². The Kier molecular flexibility index (Phi) is 24.6. The third kappa shape index (κ3) is 20.2. The number of carboxylic acids is 1. The summed E-state index contributed by atoms with van der Waals surface area (Å²) in [5, 5.41) is 71.9. The second-order valence-electron chi connectivity index (χ2n) is 21.0. The molecule has 18 N–H and O–H groups in total. The van der Waals surface area contributed by atoms with E-state index in [4.69, 9.17) is 11.5 Å². The van der Waals surface area contributed by atoms with Crippen LogP contribution in [0.3, 0.4) is 0 Å². The van der Waals surface area contributed by atoms with E-state index in [0.717, 1.165) is 21.6 Å². The number of phenols is 3. The Morgan fingerprint density at radius 2 is 1.12 bits per heavy atom. The van der Waals surface area contributed by atoms with Crippen LogP contribution in [-0.2, 0) is 73.6 Å². The van der Waals surface area contributed by atoms with Gasteiger partial charge in [-0.2, -0.15) is 0 Å². The van der Waals surface area contributed by atoms with Crippen LogP contribution in [0.5, 0.6) is 17.2 Å². The number of amides is 9. The number of aromatic hydroxyl groups is 3. The van der Waals surface area contributed by atoms with Gasteiger partial charge in [0.1, 0.15) is 65.6 Å². The van der Waals surface area contributed by atoms with Gasteiger partial charge in [0.05, 0.1) is 12.6 Å². The lowest BCUT2D eigenvalue weighted by Crippen LogP contribution is -2.61. The molecule has 6 rings (SSSR count). The molecule has 0 saturated carbocycles. The summed E-state index contributed by atoms with van der Waals surface area (Å²) in [7, 11) is 1.83. The maximum absolute atomic E-state index is 14.7. The predicted octanol–water partition coefficient (Wildman–Crippen LogP) is -0.455. The Balaban J connectivity index is 1.42. The maximum Gasteiger partial charge on any atom is 0.326 e. The zero-order valence-electron chi connectivity index (χ0n) is 46.9. The minimum absolute atomic E-state index is 0.0369. The average molecular weight is 1230 g/mol. The predicted molar refractivity (Wildman–Crippen MR) is 318 cm³/mol. The number of carbonyl (C=O) groups is 10. The van der Waals surface area contributed by atoms with Crippen molar-refractivity contribution >= 4 is 91.6 Å². The third-order valence-electron chi connectivity index (χ3n) is 13.7. The van der Waals surface area contributed by atoms with E-state index in [1.807, 2.05) is 0 Å². The Bertz CT molecular complexity index is 3200. The number of carboxylic acid groups (broad SMARTS) is 1. The number of hydrogen-bond acceptors (Lipinski definition) is 17. The molecule has 9 amide bonds. The smallest absolute Gasteiger partial charge is 0.326 e. The number of aromatic nitrogens is 1. The molecular weight excluding hydrogens is 1150 g/mol. The lowest BCUT2D eigenvalue weighted by molar-refractivity contribution is -0.142. The molecule has 26 nitrogen and oxygen atoms in total. The number of nitrogens with one attached hydrogen (secondary N) is 9. The van der Waals surface area contributed by atoms with E-state index in [1.54, 1.807) is 56.4 Å². The highest BCUT2D eigenvalue weighted by Gasteiger charge is 2.36. The second kappa shape index (κ2) is 31.9. The first-order valence-electron chi connectivity index (χ1n) is 27.4. The van der Waals surface area contributed by atoms with Gasteiger partial charge < -0.3 is 84.5 Å². The quantitative estimate of drug-likeness (QED) is 0.0465. The van der Waals surface area contributed by atoms with Gasteiger partial charge in [-0.05, 0) is 89.9 Å². The summed E-state index contributed by atoms with van der Waals surface area (Å²) in [5.74, 6) is -11.5. The van der Waals surface area contributed by atoms with Gasteiger partial charge >= 0.3 is 5.97 Å². The summed E-state index contributed by atoms with van der Waals surface area (Å²) in [6.45, 7) is 2.40. The highest BCUT2D eigenvalue weighted by molar-refractivity contribution is 8.76. The van der Waals surface area contributed by atoms with Gasteiger partial charge in [-0.25, -0.2) is 4.79 Å². The van der Waals surface area contributed by atoms with Crippen LogP contribution in [0, 0.1) is 5.92 Å². The van der Waals surface area contributed by atoms with E-state index in [0.29, 0.717) is 33.2 Å². The highest BCUT2D eigenvalue weighted by atomic mass is 33.1. The number of primary amides is 1. The first kappa shape index (κ1) is 66.3. The number of benzene rings is 4. The number of aliphatic hydroxyl groups is 1. The molecule has 0 aliphatic carbocycles. The number of para-hydroxylation sites is 1. The molecule has 1 aliphatic rings. The summed E-state index contributed by atoms with van der Waals surface area (Å²) >= 11 is 0. The standard InChI is InChI=1S/C58H71N11O15S2/c1-30(2)21-42-52(77)69-48(57(82)66-45(58(83)84)24-33-11-17-37(73)18-12-33)29-86-85-28-47(68-50(75)39(59)22-31-7-13-35(71)14-8-31)56(81)65-44(25-34-26-61-40-6-4-3-5-38(34)40)54(79)67-46(27-70)55(80)62-41(19-20-49(60)74)51(76)64-43(53(78)63-42)23-32-9-15-36(72)16-10-32/h3-18,26,30,39,41-48,61,70-73H,19-25,27-29,59H2,1-2H3,(H2,60,74)(H,62,80)(H,63,78)(H,64,76)(H,65,81)(H,66,82)(H,67,79)(H,68,75)(H,69,77)(H,83,84)/t39-,41-,42-,43-,44-,45-,46-,47-,48-/m0/s1. The van der Waals surface area contributed by atoms with Gasteiger partial charge in [-0.15, -0.1) is 0 Å². The molecule has 1 aromatic heterocycles. The average Bonchev–Trinajstić information content (AvgIpc) is 2.35. The van der Waals surface area contributed by atoms with Crippen molar-refractivity contribution in [2.75, 3.05) is 18.1 Å². The van der Waals surface area contributed by atoms with Crippen LogP contribution in [0.1, 0.15) is 55.4 Å². The molecular formula is C58H71N11O15S2. The number of aromatic amines is 1. The number of H-pyrrole nitrogens is 1. The maximum atomic E-state index is 14.7. The van der Waals surface area contributed by atoms with Crippen molar-refractivity contribution in [1.82, 2.24) is 47.5 Å². The van der Waals surface area contributed by atoms with Crippen LogP contribution in [0.15, 0.2) is 103 Å². The van der Waals surface area contributed by atoms with Crippen molar-refractivity contribution in [3.05, 3.63) is 126 Å². The largest absolute Gasteiger partial charge is 0.508 e. The first-order valence-corrected chi connectivity index (χ1v) is 29.9. The molecule has 0 unspecified atom stereocenters. The second-order valence-corrected chi connectivity index (χ2v) is 23.5. The zero-order valence-corrected chi connectivity index (χ0v) is 48.6. The molecule has 28 heteroatoms. The van der Waals surface area contributed by atoms with Gasteiger partial charge in [-0.1, -0.05) is 90.0 Å². The van der Waals surface area contributed by atoms with Crippen molar-refractivity contribution in [2.45, 2.75) is 113 Å². The topological polar surface area (TPSA) is 436 Å². The fraction of sp³-hybridized carbons (Fsp3) is 0.379. The number of carbonyl (C=O) groups excluding carboxylic acids is 9. The molecule has 86 heavy (non-hydrogen) atoms. The molecule has 4 aromatic carbocycles. The van der Waals surface area contributed by atoms with E-state index in [9.17, 15) is 73.5 Å². The number of fused-ring (bicyclic) bond motifs is 1. The summed E-state index contributed by atoms with van der Waals surface area (Å²) in [4.78, 5) is 143. The minimum atomic E-state index is -1.83. The molecule has 0 radical (unpaired) electrons. The van der Waals surface area contributed by atoms with Crippen molar-refractivity contribution in [3.63, 3.8) is 0 Å². The van der Waals surface area contributed by atoms with Crippen LogP contribution in [0.4, 0.5) is 0 Å². The minimum Gasteiger partial charge on any atom is -0.508 e. The number of aliphatic hydroxyl groups excluding tert-OH is 1. The zero-order chi connectivity index (χ0) is 62.6. The Morgan fingerprint density at radius 3 is 1.71 bits per heavy atom. The molecule has 0 bridgehead atoms. The SMILES string of the molecule is CC(C)C[C@@H]1NC(=O)[C@H](Cc2ccc(O)cc2)NC(=O)[C@H](CCC(N)=O)NC(=O)[C@H](CO)NC(=O)[C@H](Cc2c[nH]c3ccccc23)NC(=O)[C@@H](NC(=O)[C@@H](N)Cc2ccc(O)cc2)CSSC[C@@H](C(=O)N[C@@H](Cc2ccc(O)cc2)C(=O)O)NC1=O. The number of nitrogens with two attached hydrogens (primary N) is 2. The summed E-state index contributed by atoms with van der Waals surface area (Å²) < 4.78 is 0. The molecule has 1 saturated heterocycles. The fourth-order valence-electron chi connectivity index (χ4n) is 9.09. The van der Waals surface area contributed by atoms with Crippen LogP contribution in [0.25, 0.3) is 10.9 Å². The highest BCUT2D eigenvalue weighted by Crippen LogP contribution is 2.25. The normalized spacial score (nSPS) is 21.3. The van der Waals surface area contributed by atoms with E-state index < -0.39 is 133 Å². The number of rotatable bonds is 19. The molecule has 2 heterocycles. The lowest BCUT2D eigenvalue weighted by Gasteiger charge is -2.28. The summed E-state index contributed by atoms with van der Waals surface area (Å²) in [5.41, 5.74) is 14.4. The van der Waals surface area contributed by atoms with Gasteiger partial charge in [0.2, 0.25) is 53.2 Å². The van der Waals surface area contributed by atoms with Crippen molar-refractivity contribution in [2.24, 2.45) is 17.4 Å². The van der Waals surface area contributed by atoms with Crippen molar-refractivity contribution in [3.8, 4) is 17.2 Å². The molecule has 9 atom stereocenters. The fourth-order valence-corrected chi connectivity index (χ4v) is 11.4. The van der Waals surface area contributed by atoms with Crippen molar-refractivity contribution < 1.29 is 73.5 Å². The van der Waals surface area contributed by atoms with Crippen LogP contribution >= 0.6 is 21.6 Å². The van der Waals surface area contributed by atoms with Crippen LogP contribution < -0.4 is 54.0 Å². The van der Waals surface area contributed by atoms with Gasteiger partial charge in [0.25, 0.3) is 0 Å². The van der Waals surface area contributed by atoms with Gasteiger partial charge in [0, 0.05) is 54.3 Å². The molecule has 1 fully saturated rings. The van der Waals surface area contributed by atoms with Crippen LogP contribution in [-0.4, -0.2) is 162 Å². The summed E-state index contributed by atoms with van der Waals surface area (Å²) in [6.07, 6.45) is -0.282.